The van der Waals surface area contributed by atoms with Gasteiger partial charge in [0.2, 0.25) is 0 Å². The number of anilines is 1. The summed E-state index contributed by atoms with van der Waals surface area (Å²) < 4.78 is 8.05. The number of aromatic nitrogens is 5. The Balaban J connectivity index is 1.35. The van der Waals surface area contributed by atoms with Crippen molar-refractivity contribution in [1.29, 1.82) is 5.26 Å². The van der Waals surface area contributed by atoms with Gasteiger partial charge in [-0.15, -0.1) is 0 Å². The molecule has 0 radical (unpaired) electrons. The highest BCUT2D eigenvalue weighted by molar-refractivity contribution is 6.30. The molecule has 1 unspecified atom stereocenters. The summed E-state index contributed by atoms with van der Waals surface area (Å²) in [5, 5.41) is 20.2. The molecule has 4 aromatic rings. The van der Waals surface area contributed by atoms with Crippen LogP contribution in [0.15, 0.2) is 36.8 Å². The molecule has 2 aliphatic heterocycles. The first-order chi connectivity index (χ1) is 20.4. The van der Waals surface area contributed by atoms with Crippen molar-refractivity contribution in [3.8, 4) is 22.9 Å². The van der Waals surface area contributed by atoms with E-state index in [1.54, 1.807) is 4.90 Å². The number of nitriles is 1. The number of rotatable bonds is 6. The fraction of sp³-hybridized carbons (Fsp3) is 0.419. The highest BCUT2D eigenvalue weighted by atomic mass is 35.5. The van der Waals surface area contributed by atoms with Gasteiger partial charge in [-0.05, 0) is 55.8 Å². The molecule has 214 valence electrons. The van der Waals surface area contributed by atoms with E-state index in [2.05, 4.69) is 39.9 Å². The van der Waals surface area contributed by atoms with Gasteiger partial charge in [-0.3, -0.25) is 9.69 Å². The lowest BCUT2D eigenvalue weighted by atomic mass is 9.90. The van der Waals surface area contributed by atoms with Crippen LogP contribution in [0.25, 0.3) is 22.2 Å². The average Bonchev–Trinajstić information content (AvgIpc) is 3.62. The summed E-state index contributed by atoms with van der Waals surface area (Å²) in [6, 6.07) is 8.46. The lowest BCUT2D eigenvalue weighted by Gasteiger charge is -2.33. The van der Waals surface area contributed by atoms with Crippen molar-refractivity contribution in [1.82, 2.24) is 30.0 Å². The van der Waals surface area contributed by atoms with Crippen LogP contribution < -0.4 is 15.0 Å². The summed E-state index contributed by atoms with van der Waals surface area (Å²) in [5.74, 6) is 1.17. The molecule has 1 N–H and O–H groups in total. The number of benzene rings is 1. The molecule has 1 atom stereocenters. The Hall–Kier alpha value is -4.07. The molecule has 0 bridgehead atoms. The van der Waals surface area contributed by atoms with Crippen LogP contribution in [0.1, 0.15) is 56.2 Å². The predicted octanol–water partition coefficient (Wildman–Crippen LogP) is 4.85. The van der Waals surface area contributed by atoms with Crippen molar-refractivity contribution in [3.63, 3.8) is 0 Å². The molecule has 42 heavy (non-hydrogen) atoms. The number of halogens is 1. The van der Waals surface area contributed by atoms with E-state index in [0.717, 1.165) is 47.4 Å². The molecule has 3 aromatic heterocycles. The maximum absolute atomic E-state index is 12.9. The summed E-state index contributed by atoms with van der Waals surface area (Å²) in [5.41, 5.74) is 4.65. The second-order valence-electron chi connectivity index (χ2n) is 12.0. The Morgan fingerprint density at radius 3 is 2.79 bits per heavy atom. The third-order valence-electron chi connectivity index (χ3n) is 8.66. The minimum Gasteiger partial charge on any atom is -0.482 e. The molecular weight excluding hydrogens is 552 g/mol. The maximum Gasteiger partial charge on any atom is 0.265 e. The highest BCUT2D eigenvalue weighted by Gasteiger charge is 2.52. The second kappa shape index (κ2) is 10.3. The molecule has 2 fully saturated rings. The smallest absolute Gasteiger partial charge is 0.265 e. The number of fused-ring (bicyclic) bond motifs is 2. The van der Waals surface area contributed by atoms with Crippen LogP contribution in [-0.2, 0) is 17.8 Å². The van der Waals surface area contributed by atoms with Gasteiger partial charge in [0.1, 0.15) is 17.6 Å². The summed E-state index contributed by atoms with van der Waals surface area (Å²) in [4.78, 5) is 28.1. The van der Waals surface area contributed by atoms with Crippen molar-refractivity contribution in [3.05, 3.63) is 58.9 Å². The first kappa shape index (κ1) is 26.8. The number of pyridine rings is 1. The third-order valence-corrected chi connectivity index (χ3v) is 8.86. The Bertz CT molecular complexity index is 1740. The monoisotopic (exact) mass is 582 g/mol. The average molecular weight is 583 g/mol. The first-order valence-corrected chi connectivity index (χ1v) is 14.8. The molecule has 1 saturated heterocycles. The zero-order valence-corrected chi connectivity index (χ0v) is 24.4. The van der Waals surface area contributed by atoms with Gasteiger partial charge in [0.25, 0.3) is 5.91 Å². The zero-order chi connectivity index (χ0) is 29.0. The van der Waals surface area contributed by atoms with Crippen molar-refractivity contribution >= 4 is 34.2 Å². The van der Waals surface area contributed by atoms with Gasteiger partial charge >= 0.3 is 0 Å². The largest absolute Gasteiger partial charge is 0.482 e. The van der Waals surface area contributed by atoms with Crippen molar-refractivity contribution in [2.45, 2.75) is 52.1 Å². The Morgan fingerprint density at radius 1 is 1.24 bits per heavy atom. The fourth-order valence-electron chi connectivity index (χ4n) is 6.44. The molecule has 10 nitrogen and oxygen atoms in total. The van der Waals surface area contributed by atoms with Crippen LogP contribution in [0.2, 0.25) is 5.02 Å². The van der Waals surface area contributed by atoms with E-state index in [9.17, 15) is 10.1 Å². The molecule has 3 aliphatic rings. The number of piperidine rings is 1. The van der Waals surface area contributed by atoms with Crippen LogP contribution in [0.4, 0.5) is 5.69 Å². The van der Waals surface area contributed by atoms with Gasteiger partial charge in [-0.2, -0.15) is 10.4 Å². The summed E-state index contributed by atoms with van der Waals surface area (Å²) >= 11 is 5.95. The van der Waals surface area contributed by atoms with Crippen molar-refractivity contribution in [2.24, 2.45) is 11.3 Å². The first-order valence-electron chi connectivity index (χ1n) is 14.4. The van der Waals surface area contributed by atoms with E-state index < -0.39 is 0 Å². The molecular formula is C31H31ClN8O2. The minimum absolute atomic E-state index is 0.102. The molecule has 1 saturated carbocycles. The van der Waals surface area contributed by atoms with Crippen molar-refractivity contribution in [2.75, 3.05) is 24.6 Å². The quantitative estimate of drug-likeness (QED) is 0.342. The van der Waals surface area contributed by atoms with Gasteiger partial charge in [0.05, 0.1) is 40.8 Å². The molecule has 5 heterocycles. The molecule has 7 rings (SSSR count). The van der Waals surface area contributed by atoms with Crippen LogP contribution in [0, 0.1) is 22.7 Å². The number of carbonyl (C=O) groups is 1. The Kier molecular flexibility index (Phi) is 6.59. The van der Waals surface area contributed by atoms with Gasteiger partial charge in [-0.25, -0.2) is 19.6 Å². The van der Waals surface area contributed by atoms with E-state index in [0.29, 0.717) is 40.2 Å². The number of nitrogens with zero attached hydrogens (tertiary/aromatic N) is 7. The van der Waals surface area contributed by atoms with E-state index in [4.69, 9.17) is 26.4 Å². The summed E-state index contributed by atoms with van der Waals surface area (Å²) in [6.07, 6.45) is 8.95. The van der Waals surface area contributed by atoms with Crippen LogP contribution in [0.5, 0.6) is 5.75 Å². The summed E-state index contributed by atoms with van der Waals surface area (Å²) in [6.45, 7) is 6.32. The third kappa shape index (κ3) is 4.57. The minimum atomic E-state index is -0.186. The SMILES string of the molecule is CC(C)Cc1nc2c(cnn2C2CCNCC23CC3)c(-c2ccc3c(c2)OCC(=O)N3Cc2ncc(Cl)cn2)c1C#N. The number of hydrogen-bond acceptors (Lipinski definition) is 8. The number of carbonyl (C=O) groups excluding carboxylic acids is 1. The van der Waals surface area contributed by atoms with Crippen LogP contribution in [0.3, 0.4) is 0 Å². The molecule has 1 amide bonds. The number of nitrogens with one attached hydrogen (secondary N) is 1. The normalized spacial score (nSPS) is 19.2. The van der Waals surface area contributed by atoms with Gasteiger partial charge in [-0.1, -0.05) is 31.5 Å². The van der Waals surface area contributed by atoms with E-state index >= 15 is 0 Å². The lowest BCUT2D eigenvalue weighted by molar-refractivity contribution is -0.121. The Labute approximate surface area is 248 Å². The maximum atomic E-state index is 12.9. The van der Waals surface area contributed by atoms with E-state index in [1.165, 1.54) is 25.2 Å². The highest BCUT2D eigenvalue weighted by Crippen LogP contribution is 2.56. The standard InChI is InChI=1S/C31H31ClN8O2/c1-18(2)9-23-21(11-33)29(22-14-37-40(30(22)38-23)26-5-8-34-17-31(26)6-7-31)19-3-4-24-25(10-19)42-16-28(41)39(24)15-27-35-12-20(32)13-36-27/h3-4,10,12-14,18,26,34H,5-9,15-17H2,1-2H3. The van der Waals surface area contributed by atoms with E-state index in [-0.39, 0.29) is 30.5 Å². The van der Waals surface area contributed by atoms with E-state index in [1.807, 2.05) is 24.4 Å². The predicted molar refractivity (Wildman–Crippen MR) is 158 cm³/mol. The fourth-order valence-corrected chi connectivity index (χ4v) is 6.53. The van der Waals surface area contributed by atoms with Gasteiger partial charge in [0.15, 0.2) is 12.3 Å². The topological polar surface area (TPSA) is 122 Å². The van der Waals surface area contributed by atoms with Crippen LogP contribution in [-0.4, -0.2) is 50.3 Å². The molecule has 11 heteroatoms. The molecule has 1 spiro atoms. The molecule has 1 aromatic carbocycles. The summed E-state index contributed by atoms with van der Waals surface area (Å²) in [7, 11) is 0. The second-order valence-corrected chi connectivity index (χ2v) is 12.4. The lowest BCUT2D eigenvalue weighted by Crippen LogP contribution is -2.39. The van der Waals surface area contributed by atoms with Gasteiger partial charge < -0.3 is 10.1 Å². The van der Waals surface area contributed by atoms with Gasteiger partial charge in [0, 0.05) is 35.3 Å². The number of hydrogen-bond donors (Lipinski definition) is 1. The zero-order valence-electron chi connectivity index (χ0n) is 23.6. The number of ether oxygens (including phenoxy) is 1. The number of amides is 1. The van der Waals surface area contributed by atoms with Crippen molar-refractivity contribution < 1.29 is 9.53 Å². The van der Waals surface area contributed by atoms with Crippen LogP contribution >= 0.6 is 11.6 Å². The Morgan fingerprint density at radius 2 is 2.05 bits per heavy atom. The molecule has 1 aliphatic carbocycles.